The monoisotopic (exact) mass is 718 g/mol. The van der Waals surface area contributed by atoms with E-state index in [9.17, 15) is 0 Å². The number of aryl methyl sites for hydroxylation is 4. The zero-order valence-corrected chi connectivity index (χ0v) is 33.7. The third-order valence-electron chi connectivity index (χ3n) is 12.9. The molecule has 0 aliphatic rings. The van der Waals surface area contributed by atoms with Crippen molar-refractivity contribution in [1.29, 1.82) is 0 Å². The molecular weight excluding hydrogens is 673 g/mol. The highest BCUT2D eigenvalue weighted by atomic mass is 14.2. The quantitative estimate of drug-likeness (QED) is 0.159. The molecule has 0 aromatic heterocycles. The Hall–Kier alpha value is -5.98. The molecule has 0 aliphatic heterocycles. The Morgan fingerprint density at radius 1 is 0.250 bits per heavy atom. The molecule has 11 aromatic carbocycles. The van der Waals surface area contributed by atoms with E-state index in [2.05, 4.69) is 177 Å². The largest absolute Gasteiger partial charge is 0.0587 e. The summed E-state index contributed by atoms with van der Waals surface area (Å²) in [6.45, 7) is 18.1. The van der Waals surface area contributed by atoms with Gasteiger partial charge in [0.25, 0.3) is 0 Å². The average molecular weight is 719 g/mol. The van der Waals surface area contributed by atoms with Crippen LogP contribution in [0.2, 0.25) is 0 Å². The first-order chi connectivity index (χ1) is 27.0. The standard InChI is InChI=1S/C56H46/c1-29(2)37-23-49-43-13-14-44-48(47(43)27-53-41-11-9-35(21-45(41)51(25-37)55(49)53)39-17-31(5)15-32(6)18-39)28-54-42-12-10-36(40-19-33(7)16-34(8)20-40)22-46(42)52-26-38(30(3)4)24-50(44)56(52)54/h9-30H,1-8H3. The normalized spacial score (nSPS) is 12.6. The van der Waals surface area contributed by atoms with Gasteiger partial charge in [0.15, 0.2) is 0 Å². The van der Waals surface area contributed by atoms with Crippen molar-refractivity contribution in [2.75, 3.05) is 0 Å². The van der Waals surface area contributed by atoms with Crippen molar-refractivity contribution in [2.45, 2.75) is 67.2 Å². The van der Waals surface area contributed by atoms with Crippen molar-refractivity contribution in [2.24, 2.45) is 0 Å². The van der Waals surface area contributed by atoms with Gasteiger partial charge in [-0.1, -0.05) is 147 Å². The average Bonchev–Trinajstić information content (AvgIpc) is 3.66. The smallest absolute Gasteiger partial charge is 0.00197 e. The third-order valence-corrected chi connectivity index (χ3v) is 12.9. The lowest BCUT2D eigenvalue weighted by atomic mass is 9.89. The van der Waals surface area contributed by atoms with E-state index in [1.807, 2.05) is 0 Å². The highest BCUT2D eigenvalue weighted by Gasteiger charge is 2.22. The van der Waals surface area contributed by atoms with Crippen LogP contribution in [0.3, 0.4) is 0 Å². The van der Waals surface area contributed by atoms with Crippen LogP contribution in [0.5, 0.6) is 0 Å². The molecular formula is C56H46. The molecule has 0 heteroatoms. The molecule has 0 aliphatic carbocycles. The van der Waals surface area contributed by atoms with E-state index in [1.165, 1.54) is 142 Å². The fraction of sp³-hybridized carbons (Fsp3) is 0.179. The van der Waals surface area contributed by atoms with Crippen molar-refractivity contribution >= 4 is 86.2 Å². The lowest BCUT2D eigenvalue weighted by Gasteiger charge is -2.15. The molecule has 0 heterocycles. The van der Waals surface area contributed by atoms with Crippen LogP contribution < -0.4 is 0 Å². The number of fused-ring (bicyclic) bond motifs is 11. The number of hydrogen-bond acceptors (Lipinski definition) is 0. The Labute approximate surface area is 329 Å². The summed E-state index contributed by atoms with van der Waals surface area (Å²) in [6.07, 6.45) is 0. The summed E-state index contributed by atoms with van der Waals surface area (Å²) < 4.78 is 0. The van der Waals surface area contributed by atoms with Gasteiger partial charge in [-0.25, -0.2) is 0 Å². The summed E-state index contributed by atoms with van der Waals surface area (Å²) in [5, 5.41) is 21.8. The predicted molar refractivity (Wildman–Crippen MR) is 247 cm³/mol. The molecule has 0 atom stereocenters. The fourth-order valence-electron chi connectivity index (χ4n) is 10.3. The van der Waals surface area contributed by atoms with Crippen molar-refractivity contribution < 1.29 is 0 Å². The zero-order valence-electron chi connectivity index (χ0n) is 33.7. The molecule has 0 N–H and O–H groups in total. The molecule has 0 nitrogen and oxygen atoms in total. The molecule has 0 saturated heterocycles. The molecule has 270 valence electrons. The van der Waals surface area contributed by atoms with E-state index in [4.69, 9.17) is 0 Å². The maximum atomic E-state index is 2.53. The molecule has 0 fully saturated rings. The summed E-state index contributed by atoms with van der Waals surface area (Å²) in [7, 11) is 0. The molecule has 11 aromatic rings. The Kier molecular flexibility index (Phi) is 7.01. The Bertz CT molecular complexity index is 3170. The lowest BCUT2D eigenvalue weighted by Crippen LogP contribution is -1.90. The topological polar surface area (TPSA) is 0 Å². The minimum atomic E-state index is 0.420. The van der Waals surface area contributed by atoms with Crippen LogP contribution in [0.15, 0.2) is 121 Å². The van der Waals surface area contributed by atoms with Crippen molar-refractivity contribution in [3.05, 3.63) is 155 Å². The van der Waals surface area contributed by atoms with Crippen molar-refractivity contribution in [3.63, 3.8) is 0 Å². The second kappa shape index (κ2) is 11.8. The summed E-state index contributed by atoms with van der Waals surface area (Å²) in [6, 6.07) is 48.1. The van der Waals surface area contributed by atoms with Gasteiger partial charge in [0, 0.05) is 0 Å². The summed E-state index contributed by atoms with van der Waals surface area (Å²) in [5.41, 5.74) is 13.2. The molecule has 0 bridgehead atoms. The van der Waals surface area contributed by atoms with Crippen LogP contribution in [-0.2, 0) is 0 Å². The molecule has 11 rings (SSSR count). The Morgan fingerprint density at radius 3 is 0.875 bits per heavy atom. The Morgan fingerprint density at radius 2 is 0.536 bits per heavy atom. The molecule has 0 spiro atoms. The molecule has 0 amide bonds. The summed E-state index contributed by atoms with van der Waals surface area (Å²) in [4.78, 5) is 0. The van der Waals surface area contributed by atoms with Gasteiger partial charge in [-0.15, -0.1) is 0 Å². The Balaban J connectivity index is 1.26. The number of rotatable bonds is 4. The zero-order chi connectivity index (χ0) is 38.3. The van der Waals surface area contributed by atoms with E-state index in [0.717, 1.165) is 0 Å². The van der Waals surface area contributed by atoms with Gasteiger partial charge in [0.2, 0.25) is 0 Å². The van der Waals surface area contributed by atoms with E-state index in [-0.39, 0.29) is 0 Å². The predicted octanol–water partition coefficient (Wildman–Crippen LogP) is 16.6. The van der Waals surface area contributed by atoms with Crippen LogP contribution in [0.4, 0.5) is 0 Å². The maximum absolute atomic E-state index is 2.53. The highest BCUT2D eigenvalue weighted by Crippen LogP contribution is 2.49. The minimum absolute atomic E-state index is 0.420. The van der Waals surface area contributed by atoms with Gasteiger partial charge in [0.1, 0.15) is 0 Å². The van der Waals surface area contributed by atoms with Crippen LogP contribution in [0.1, 0.15) is 72.9 Å². The van der Waals surface area contributed by atoms with Crippen LogP contribution in [-0.4, -0.2) is 0 Å². The van der Waals surface area contributed by atoms with Crippen LogP contribution in [0.25, 0.3) is 108 Å². The van der Waals surface area contributed by atoms with Gasteiger partial charge in [-0.3, -0.25) is 0 Å². The second-order valence-electron chi connectivity index (χ2n) is 17.7. The van der Waals surface area contributed by atoms with Crippen LogP contribution in [0, 0.1) is 27.7 Å². The molecule has 0 saturated carbocycles. The summed E-state index contributed by atoms with van der Waals surface area (Å²) >= 11 is 0. The highest BCUT2D eigenvalue weighted by molar-refractivity contribution is 6.40. The van der Waals surface area contributed by atoms with Gasteiger partial charge in [0.05, 0.1) is 0 Å². The molecule has 0 radical (unpaired) electrons. The maximum Gasteiger partial charge on any atom is -0.00197 e. The number of benzene rings is 9. The van der Waals surface area contributed by atoms with Crippen molar-refractivity contribution in [1.82, 2.24) is 0 Å². The van der Waals surface area contributed by atoms with Crippen LogP contribution >= 0.6 is 0 Å². The van der Waals surface area contributed by atoms with E-state index in [0.29, 0.717) is 11.8 Å². The number of hydrogen-bond donors (Lipinski definition) is 0. The molecule has 0 unspecified atom stereocenters. The van der Waals surface area contributed by atoms with E-state index in [1.54, 1.807) is 0 Å². The minimum Gasteiger partial charge on any atom is -0.0587 e. The fourth-order valence-corrected chi connectivity index (χ4v) is 10.3. The van der Waals surface area contributed by atoms with E-state index < -0.39 is 0 Å². The molecule has 56 heavy (non-hydrogen) atoms. The second-order valence-corrected chi connectivity index (χ2v) is 17.7. The first kappa shape index (κ1) is 33.4. The SMILES string of the molecule is Cc1cc(C)cc(-c2ccc3c(c2)c2cc(C(C)C)cc4c5ccc6c(cc7c8ccc(-c9cc(C)cc(C)c9)cc8c8cc(C(C)C)cc6c87)c5cc3c42)c1. The summed E-state index contributed by atoms with van der Waals surface area (Å²) in [5.74, 6) is 0.841. The van der Waals surface area contributed by atoms with Gasteiger partial charge >= 0.3 is 0 Å². The van der Waals surface area contributed by atoms with Gasteiger partial charge in [-0.2, -0.15) is 0 Å². The van der Waals surface area contributed by atoms with E-state index >= 15 is 0 Å². The first-order valence-electron chi connectivity index (χ1n) is 20.5. The van der Waals surface area contributed by atoms with Crippen molar-refractivity contribution in [3.8, 4) is 22.3 Å². The first-order valence-corrected chi connectivity index (χ1v) is 20.5. The third kappa shape index (κ3) is 4.78. The van der Waals surface area contributed by atoms with Gasteiger partial charge < -0.3 is 0 Å². The van der Waals surface area contributed by atoms with Gasteiger partial charge in [-0.05, 0) is 183 Å². The lowest BCUT2D eigenvalue weighted by molar-refractivity contribution is 0.870.